The molecule has 0 aliphatic carbocycles. The second-order valence-electron chi connectivity index (χ2n) is 9.76. The first-order chi connectivity index (χ1) is 16.8. The summed E-state index contributed by atoms with van der Waals surface area (Å²) in [5, 5.41) is 0. The lowest BCUT2D eigenvalue weighted by Crippen LogP contribution is -2.42. The van der Waals surface area contributed by atoms with Gasteiger partial charge >= 0.3 is 5.97 Å². The zero-order valence-corrected chi connectivity index (χ0v) is 21.1. The van der Waals surface area contributed by atoms with Crippen LogP contribution in [0.5, 0.6) is 5.75 Å². The Morgan fingerprint density at radius 2 is 1.91 bits per heavy atom. The van der Waals surface area contributed by atoms with Crippen molar-refractivity contribution in [3.63, 3.8) is 0 Å². The fourth-order valence-corrected chi connectivity index (χ4v) is 4.30. The lowest BCUT2D eigenvalue weighted by atomic mass is 9.90. The predicted molar refractivity (Wildman–Crippen MR) is 134 cm³/mol. The highest BCUT2D eigenvalue weighted by Gasteiger charge is 2.45. The van der Waals surface area contributed by atoms with Crippen LogP contribution in [0.1, 0.15) is 49.9 Å². The van der Waals surface area contributed by atoms with Gasteiger partial charge in [0.05, 0.1) is 24.1 Å². The molecule has 1 aliphatic heterocycles. The van der Waals surface area contributed by atoms with Crippen LogP contribution in [0.3, 0.4) is 0 Å². The van der Waals surface area contributed by atoms with Crippen LogP contribution >= 0.6 is 0 Å². The normalized spacial score (nSPS) is 19.7. The molecule has 0 N–H and O–H groups in total. The summed E-state index contributed by atoms with van der Waals surface area (Å²) in [7, 11) is 1.63. The van der Waals surface area contributed by atoms with E-state index < -0.39 is 23.7 Å². The van der Waals surface area contributed by atoms with Crippen molar-refractivity contribution in [2.75, 3.05) is 20.3 Å². The van der Waals surface area contributed by atoms with E-state index in [2.05, 4.69) is 11.1 Å². The van der Waals surface area contributed by atoms with E-state index in [0.29, 0.717) is 25.5 Å². The molecule has 2 heterocycles. The first kappa shape index (κ1) is 24.9. The van der Waals surface area contributed by atoms with E-state index in [1.54, 1.807) is 7.11 Å². The smallest absolute Gasteiger partial charge is 0.311 e. The molecule has 0 fully saturated rings. The van der Waals surface area contributed by atoms with E-state index in [4.69, 9.17) is 23.9 Å². The number of hydrogen-bond acceptors (Lipinski definition) is 6. The molecule has 0 amide bonds. The summed E-state index contributed by atoms with van der Waals surface area (Å²) in [6.45, 7) is 12.7. The number of methoxy groups -OCH3 is 1. The van der Waals surface area contributed by atoms with Crippen LogP contribution < -0.4 is 4.74 Å². The summed E-state index contributed by atoms with van der Waals surface area (Å²) in [5.41, 5.74) is 2.72. The summed E-state index contributed by atoms with van der Waals surface area (Å²) < 4.78 is 26.4. The molecule has 186 valence electrons. The van der Waals surface area contributed by atoms with Gasteiger partial charge in [-0.05, 0) is 39.3 Å². The van der Waals surface area contributed by atoms with E-state index in [9.17, 15) is 4.79 Å². The van der Waals surface area contributed by atoms with Crippen LogP contribution in [-0.4, -0.2) is 41.9 Å². The number of allylic oxidation sites excluding steroid dienone is 1. The number of imidazole rings is 1. The summed E-state index contributed by atoms with van der Waals surface area (Å²) in [4.78, 5) is 17.9. The molecule has 7 nitrogen and oxygen atoms in total. The second kappa shape index (κ2) is 10.2. The lowest BCUT2D eigenvalue weighted by molar-refractivity contribution is -0.181. The quantitative estimate of drug-likeness (QED) is 0.248. The van der Waals surface area contributed by atoms with Gasteiger partial charge in [0.15, 0.2) is 18.0 Å². The number of nitrogens with zero attached hydrogens (tertiary/aromatic N) is 2. The molecule has 7 heteroatoms. The zero-order chi connectivity index (χ0) is 25.2. The van der Waals surface area contributed by atoms with Crippen molar-refractivity contribution < 1.29 is 23.7 Å². The van der Waals surface area contributed by atoms with Crippen LogP contribution in [0.25, 0.3) is 11.0 Å². The van der Waals surface area contributed by atoms with Gasteiger partial charge in [-0.2, -0.15) is 0 Å². The average Bonchev–Trinajstić information content (AvgIpc) is 3.15. The maximum Gasteiger partial charge on any atom is 0.311 e. The standard InChI is InChI=1S/C28H34N2O5/c1-7-15-30-18(2)29-22-21(30)14-13-20-24(22)34-23(19-11-9-8-10-12-19)26(25(20)33-17-16-32-6)35-27(31)28(3,4)5/h7-14,23,25-26H,1,15-17H2,2-6H3/t23-,25-,26-/m1/s1. The number of carbonyl (C=O) groups is 1. The van der Waals surface area contributed by atoms with Crippen LogP contribution in [0.2, 0.25) is 0 Å². The van der Waals surface area contributed by atoms with Gasteiger partial charge in [0.2, 0.25) is 0 Å². The van der Waals surface area contributed by atoms with E-state index >= 15 is 0 Å². The molecule has 4 rings (SSSR count). The maximum atomic E-state index is 13.0. The average molecular weight is 479 g/mol. The molecule has 0 bridgehead atoms. The minimum atomic E-state index is -0.692. The Morgan fingerprint density at radius 1 is 1.17 bits per heavy atom. The van der Waals surface area contributed by atoms with Gasteiger partial charge in [0.1, 0.15) is 17.4 Å². The molecule has 3 atom stereocenters. The molecule has 0 spiro atoms. The molecule has 2 aromatic carbocycles. The number of carbonyl (C=O) groups excluding carboxylic acids is 1. The Kier molecular flexibility index (Phi) is 7.28. The number of aryl methyl sites for hydroxylation is 1. The Labute approximate surface area is 206 Å². The number of fused-ring (bicyclic) bond motifs is 3. The number of benzene rings is 2. The number of aromatic nitrogens is 2. The molecule has 0 saturated carbocycles. The molecule has 1 aliphatic rings. The van der Waals surface area contributed by atoms with Crippen LogP contribution in [0, 0.1) is 12.3 Å². The third-order valence-corrected chi connectivity index (χ3v) is 6.12. The van der Waals surface area contributed by atoms with Crippen molar-refractivity contribution in [2.45, 2.75) is 52.6 Å². The molecule has 35 heavy (non-hydrogen) atoms. The van der Waals surface area contributed by atoms with Gasteiger partial charge in [-0.25, -0.2) is 4.98 Å². The summed E-state index contributed by atoms with van der Waals surface area (Å²) >= 11 is 0. The molecular weight excluding hydrogens is 444 g/mol. The van der Waals surface area contributed by atoms with Gasteiger partial charge < -0.3 is 23.5 Å². The first-order valence-corrected chi connectivity index (χ1v) is 11.9. The van der Waals surface area contributed by atoms with Crippen molar-refractivity contribution in [1.82, 2.24) is 9.55 Å². The predicted octanol–water partition coefficient (Wildman–Crippen LogP) is 5.33. The number of esters is 1. The largest absolute Gasteiger partial charge is 0.479 e. The summed E-state index contributed by atoms with van der Waals surface area (Å²) in [6, 6.07) is 13.8. The van der Waals surface area contributed by atoms with Crippen LogP contribution in [0.15, 0.2) is 55.1 Å². The molecule has 1 aromatic heterocycles. The highest BCUT2D eigenvalue weighted by atomic mass is 16.6. The Morgan fingerprint density at radius 3 is 2.57 bits per heavy atom. The highest BCUT2D eigenvalue weighted by Crippen LogP contribution is 2.47. The summed E-state index contributed by atoms with van der Waals surface area (Å²) in [6.07, 6.45) is 0.0276. The van der Waals surface area contributed by atoms with Gasteiger partial charge in [-0.1, -0.05) is 42.5 Å². The van der Waals surface area contributed by atoms with Crippen molar-refractivity contribution in [3.8, 4) is 5.75 Å². The fourth-order valence-electron chi connectivity index (χ4n) is 4.30. The molecule has 0 radical (unpaired) electrons. The Bertz CT molecular complexity index is 1200. The van der Waals surface area contributed by atoms with E-state index in [1.807, 2.05) is 76.2 Å². The minimum absolute atomic E-state index is 0.317. The molecule has 0 unspecified atom stereocenters. The third kappa shape index (κ3) is 4.97. The number of hydrogen-bond donors (Lipinski definition) is 0. The SMILES string of the molecule is C=CCn1c(C)nc2c3c(ccc21)[C@@H](OCCOC)[C@H](OC(=O)C(C)(C)C)[C@@H](c1ccccc1)O3. The first-order valence-electron chi connectivity index (χ1n) is 11.9. The molecular formula is C28H34N2O5. The molecule has 0 saturated heterocycles. The minimum Gasteiger partial charge on any atom is -0.479 e. The Balaban J connectivity index is 1.88. The van der Waals surface area contributed by atoms with Gasteiger partial charge in [-0.3, -0.25) is 4.79 Å². The van der Waals surface area contributed by atoms with Gasteiger partial charge in [0.25, 0.3) is 0 Å². The number of rotatable bonds is 8. The van der Waals surface area contributed by atoms with Crippen molar-refractivity contribution in [3.05, 3.63) is 72.1 Å². The van der Waals surface area contributed by atoms with E-state index in [0.717, 1.165) is 28.0 Å². The van der Waals surface area contributed by atoms with Crippen LogP contribution in [-0.2, 0) is 25.5 Å². The van der Waals surface area contributed by atoms with Gasteiger partial charge in [-0.15, -0.1) is 6.58 Å². The second-order valence-corrected chi connectivity index (χ2v) is 9.76. The molecule has 3 aromatic rings. The van der Waals surface area contributed by atoms with Crippen molar-refractivity contribution in [1.29, 1.82) is 0 Å². The Hall–Kier alpha value is -3.16. The zero-order valence-electron chi connectivity index (χ0n) is 21.1. The van der Waals surface area contributed by atoms with Crippen LogP contribution in [0.4, 0.5) is 0 Å². The monoisotopic (exact) mass is 478 g/mol. The third-order valence-electron chi connectivity index (χ3n) is 6.12. The topological polar surface area (TPSA) is 71.8 Å². The maximum absolute atomic E-state index is 13.0. The lowest BCUT2D eigenvalue weighted by Gasteiger charge is -2.40. The van der Waals surface area contributed by atoms with Gasteiger partial charge in [0, 0.05) is 19.2 Å². The fraction of sp³-hybridized carbons (Fsp3) is 0.429. The number of ether oxygens (including phenoxy) is 4. The summed E-state index contributed by atoms with van der Waals surface area (Å²) in [5.74, 6) is 1.20. The van der Waals surface area contributed by atoms with E-state index in [-0.39, 0.29) is 5.97 Å². The van der Waals surface area contributed by atoms with Crippen molar-refractivity contribution in [2.24, 2.45) is 5.41 Å². The van der Waals surface area contributed by atoms with E-state index in [1.165, 1.54) is 0 Å². The van der Waals surface area contributed by atoms with Crippen molar-refractivity contribution >= 4 is 17.0 Å². The highest BCUT2D eigenvalue weighted by molar-refractivity contribution is 5.85.